The summed E-state index contributed by atoms with van der Waals surface area (Å²) >= 11 is 0. The van der Waals surface area contributed by atoms with E-state index in [1.807, 2.05) is 0 Å². The predicted molar refractivity (Wildman–Crippen MR) is 43.3 cm³/mol. The predicted octanol–water partition coefficient (Wildman–Crippen LogP) is 1.06. The zero-order chi connectivity index (χ0) is 9.84. The first-order chi connectivity index (χ1) is 6.15. The van der Waals surface area contributed by atoms with Gasteiger partial charge in [0.15, 0.2) is 0 Å². The third-order valence-electron chi connectivity index (χ3n) is 2.23. The fourth-order valence-electron chi connectivity index (χ4n) is 1.63. The number of hydrogen-bond acceptors (Lipinski definition) is 2. The van der Waals surface area contributed by atoms with E-state index in [1.54, 1.807) is 0 Å². The molecule has 13 heavy (non-hydrogen) atoms. The van der Waals surface area contributed by atoms with Crippen LogP contribution in [0.15, 0.2) is 0 Å². The van der Waals surface area contributed by atoms with Crippen LogP contribution in [0.25, 0.3) is 0 Å². The van der Waals surface area contributed by atoms with Gasteiger partial charge in [0.2, 0.25) is 0 Å². The molecule has 1 saturated heterocycles. The molecule has 2 atom stereocenters. The van der Waals surface area contributed by atoms with Crippen molar-refractivity contribution in [1.82, 2.24) is 4.90 Å². The van der Waals surface area contributed by atoms with Crippen molar-refractivity contribution in [3.8, 4) is 0 Å². The van der Waals surface area contributed by atoms with Crippen LogP contribution in [0.5, 0.6) is 0 Å². The number of alkyl halides is 1. The van der Waals surface area contributed by atoms with Crippen molar-refractivity contribution in [2.75, 3.05) is 6.54 Å². The Kier molecular flexibility index (Phi) is 3.22. The fraction of sp³-hybridized carbons (Fsp3) is 0.750. The van der Waals surface area contributed by atoms with E-state index in [-0.39, 0.29) is 19.0 Å². The Balaban J connectivity index is 2.50. The Morgan fingerprint density at radius 1 is 1.69 bits per heavy atom. The van der Waals surface area contributed by atoms with Crippen LogP contribution in [0.2, 0.25) is 0 Å². The van der Waals surface area contributed by atoms with E-state index in [0.29, 0.717) is 12.8 Å². The van der Waals surface area contributed by atoms with Crippen molar-refractivity contribution in [2.24, 2.45) is 0 Å². The van der Waals surface area contributed by atoms with E-state index < -0.39 is 12.3 Å². The quantitative estimate of drug-likeness (QED) is 0.675. The van der Waals surface area contributed by atoms with Gasteiger partial charge in [0.1, 0.15) is 12.5 Å². The topological polar surface area (TPSA) is 57.6 Å². The number of carbonyl (C=O) groups is 2. The van der Waals surface area contributed by atoms with Crippen molar-refractivity contribution in [3.05, 3.63) is 0 Å². The summed E-state index contributed by atoms with van der Waals surface area (Å²) < 4.78 is 12.8. The Hall–Kier alpha value is -1.13. The van der Waals surface area contributed by atoms with Gasteiger partial charge in [-0.1, -0.05) is 0 Å². The van der Waals surface area contributed by atoms with Gasteiger partial charge in [-0.15, -0.1) is 0 Å². The zero-order valence-electron chi connectivity index (χ0n) is 7.15. The molecular weight excluding hydrogens is 177 g/mol. The number of rotatable bonds is 3. The summed E-state index contributed by atoms with van der Waals surface area (Å²) in [7, 11) is 0. The number of nitrogens with zero attached hydrogens (tertiary/aromatic N) is 1. The largest absolute Gasteiger partial charge is 0.465 e. The molecule has 1 aliphatic rings. The third kappa shape index (κ3) is 2.40. The number of halogens is 1. The van der Waals surface area contributed by atoms with Gasteiger partial charge < -0.3 is 14.8 Å². The summed E-state index contributed by atoms with van der Waals surface area (Å²) in [5, 5.41) is 8.67. The molecule has 5 heteroatoms. The molecule has 1 unspecified atom stereocenters. The van der Waals surface area contributed by atoms with Gasteiger partial charge in [-0.05, 0) is 6.42 Å². The van der Waals surface area contributed by atoms with Crippen LogP contribution >= 0.6 is 0 Å². The molecule has 1 fully saturated rings. The highest BCUT2D eigenvalue weighted by Gasteiger charge is 2.34. The molecule has 1 heterocycles. The van der Waals surface area contributed by atoms with Gasteiger partial charge >= 0.3 is 6.09 Å². The fourth-order valence-corrected chi connectivity index (χ4v) is 1.63. The lowest BCUT2D eigenvalue weighted by Gasteiger charge is -2.19. The van der Waals surface area contributed by atoms with Gasteiger partial charge in [-0.25, -0.2) is 9.18 Å². The van der Waals surface area contributed by atoms with Crippen LogP contribution in [-0.4, -0.2) is 41.1 Å². The van der Waals surface area contributed by atoms with Crippen LogP contribution < -0.4 is 0 Å². The number of carboxylic acid groups (broad SMARTS) is 1. The van der Waals surface area contributed by atoms with Crippen molar-refractivity contribution >= 4 is 12.4 Å². The molecule has 4 nitrogen and oxygen atoms in total. The average molecular weight is 189 g/mol. The molecule has 1 N–H and O–H groups in total. The lowest BCUT2D eigenvalue weighted by atomic mass is 10.1. The van der Waals surface area contributed by atoms with E-state index in [1.165, 1.54) is 0 Å². The second-order valence-corrected chi connectivity index (χ2v) is 3.17. The second kappa shape index (κ2) is 4.20. The van der Waals surface area contributed by atoms with E-state index in [2.05, 4.69) is 0 Å². The van der Waals surface area contributed by atoms with Crippen molar-refractivity contribution in [3.63, 3.8) is 0 Å². The SMILES string of the molecule is O=CCCC1C[C@@H](F)CN1C(=O)O. The van der Waals surface area contributed by atoms with Crippen LogP contribution in [0, 0.1) is 0 Å². The highest BCUT2D eigenvalue weighted by molar-refractivity contribution is 5.66. The number of aldehydes is 1. The molecule has 1 rings (SSSR count). The zero-order valence-corrected chi connectivity index (χ0v) is 7.15. The molecule has 0 spiro atoms. The number of likely N-dealkylation sites (tertiary alicyclic amines) is 1. The Morgan fingerprint density at radius 2 is 2.38 bits per heavy atom. The number of hydrogen-bond donors (Lipinski definition) is 1. The maximum atomic E-state index is 12.8. The average Bonchev–Trinajstić information content (AvgIpc) is 2.43. The van der Waals surface area contributed by atoms with Crippen molar-refractivity contribution in [2.45, 2.75) is 31.5 Å². The summed E-state index contributed by atoms with van der Waals surface area (Å²) in [6.45, 7) is -0.0567. The Labute approximate surface area is 75.3 Å². The number of amides is 1. The summed E-state index contributed by atoms with van der Waals surface area (Å²) in [5.74, 6) is 0. The maximum Gasteiger partial charge on any atom is 0.407 e. The van der Waals surface area contributed by atoms with E-state index >= 15 is 0 Å². The Morgan fingerprint density at radius 3 is 2.92 bits per heavy atom. The minimum absolute atomic E-state index is 0.0567. The van der Waals surface area contributed by atoms with Gasteiger partial charge in [0, 0.05) is 18.9 Å². The minimum atomic E-state index is -1.10. The van der Waals surface area contributed by atoms with Crippen LogP contribution in [0.4, 0.5) is 9.18 Å². The van der Waals surface area contributed by atoms with Crippen molar-refractivity contribution in [1.29, 1.82) is 0 Å². The van der Waals surface area contributed by atoms with E-state index in [9.17, 15) is 14.0 Å². The first-order valence-electron chi connectivity index (χ1n) is 4.22. The first kappa shape index (κ1) is 9.95. The molecule has 0 bridgehead atoms. The minimum Gasteiger partial charge on any atom is -0.465 e. The van der Waals surface area contributed by atoms with E-state index in [0.717, 1.165) is 11.2 Å². The highest BCUT2D eigenvalue weighted by atomic mass is 19.1. The molecule has 1 aliphatic heterocycles. The summed E-state index contributed by atoms with van der Waals surface area (Å²) in [6.07, 6.45) is -0.507. The standard InChI is InChI=1S/C8H12FNO3/c9-6-4-7(2-1-3-11)10(5-6)8(12)13/h3,6-7H,1-2,4-5H2,(H,12,13)/t6-,7?/m1/s1. The normalized spacial score (nSPS) is 27.6. The van der Waals surface area contributed by atoms with Gasteiger partial charge in [-0.2, -0.15) is 0 Å². The molecule has 0 aromatic carbocycles. The first-order valence-corrected chi connectivity index (χ1v) is 4.22. The summed E-state index contributed by atoms with van der Waals surface area (Å²) in [5.41, 5.74) is 0. The van der Waals surface area contributed by atoms with Gasteiger partial charge in [0.25, 0.3) is 0 Å². The third-order valence-corrected chi connectivity index (χ3v) is 2.23. The molecule has 1 amide bonds. The van der Waals surface area contributed by atoms with Crippen molar-refractivity contribution < 1.29 is 19.1 Å². The molecule has 0 aromatic heterocycles. The lowest BCUT2D eigenvalue weighted by Crippen LogP contribution is -2.34. The van der Waals surface area contributed by atoms with Gasteiger partial charge in [-0.3, -0.25) is 0 Å². The summed E-state index contributed by atoms with van der Waals surface area (Å²) in [4.78, 5) is 21.7. The summed E-state index contributed by atoms with van der Waals surface area (Å²) in [6, 6.07) is -0.322. The smallest absolute Gasteiger partial charge is 0.407 e. The monoisotopic (exact) mass is 189 g/mol. The molecule has 0 aromatic rings. The molecule has 0 radical (unpaired) electrons. The number of carbonyl (C=O) groups excluding carboxylic acids is 1. The van der Waals surface area contributed by atoms with E-state index in [4.69, 9.17) is 5.11 Å². The molecule has 0 saturated carbocycles. The Bertz CT molecular complexity index is 210. The van der Waals surface area contributed by atoms with Crippen LogP contribution in [-0.2, 0) is 4.79 Å². The molecule has 74 valence electrons. The van der Waals surface area contributed by atoms with Crippen LogP contribution in [0.1, 0.15) is 19.3 Å². The highest BCUT2D eigenvalue weighted by Crippen LogP contribution is 2.23. The molecular formula is C8H12FNO3. The van der Waals surface area contributed by atoms with Gasteiger partial charge in [0.05, 0.1) is 6.54 Å². The molecule has 0 aliphatic carbocycles. The second-order valence-electron chi connectivity index (χ2n) is 3.17. The maximum absolute atomic E-state index is 12.8. The lowest BCUT2D eigenvalue weighted by molar-refractivity contribution is -0.108. The van der Waals surface area contributed by atoms with Crippen LogP contribution in [0.3, 0.4) is 0 Å².